The van der Waals surface area contributed by atoms with Gasteiger partial charge in [-0.1, -0.05) is 13.8 Å². The maximum atomic E-state index is 11.7. The second-order valence-corrected chi connectivity index (χ2v) is 6.15. The number of fused-ring (bicyclic) bond motifs is 1. The van der Waals surface area contributed by atoms with Crippen LogP contribution < -0.4 is 4.90 Å². The lowest BCUT2D eigenvalue weighted by molar-refractivity contribution is -0.150. The first-order valence-corrected chi connectivity index (χ1v) is 7.20. The van der Waals surface area contributed by atoms with E-state index in [1.165, 1.54) is 0 Å². The lowest BCUT2D eigenvalue weighted by atomic mass is 9.76. The van der Waals surface area contributed by atoms with Crippen LogP contribution in [0, 0.1) is 11.3 Å². The van der Waals surface area contributed by atoms with Crippen LogP contribution in [-0.2, 0) is 11.8 Å². The van der Waals surface area contributed by atoms with E-state index in [0.717, 1.165) is 16.9 Å². The quantitative estimate of drug-likeness (QED) is 0.934. The number of aryl methyl sites for hydroxylation is 1. The number of pyridine rings is 1. The molecule has 1 aliphatic rings. The van der Waals surface area contributed by atoms with Gasteiger partial charge in [0.25, 0.3) is 0 Å². The van der Waals surface area contributed by atoms with Crippen LogP contribution in [0.4, 0.5) is 5.82 Å². The third kappa shape index (κ3) is 1.97. The minimum atomic E-state index is -0.715. The number of nitrogens with zero attached hydrogens (tertiary/aromatic N) is 4. The van der Waals surface area contributed by atoms with Gasteiger partial charge in [-0.2, -0.15) is 0 Å². The number of aromatic nitrogens is 3. The highest BCUT2D eigenvalue weighted by atomic mass is 16.4. The number of rotatable bonds is 3. The van der Waals surface area contributed by atoms with E-state index >= 15 is 0 Å². The summed E-state index contributed by atoms with van der Waals surface area (Å²) < 4.78 is 1.95. The molecule has 0 radical (unpaired) electrons. The fourth-order valence-corrected chi connectivity index (χ4v) is 3.19. The highest BCUT2D eigenvalue weighted by molar-refractivity contribution is 5.87. The Kier molecular flexibility index (Phi) is 3.11. The van der Waals surface area contributed by atoms with Crippen molar-refractivity contribution in [3.05, 3.63) is 18.6 Å². The van der Waals surface area contributed by atoms with Gasteiger partial charge in [-0.3, -0.25) is 4.79 Å². The van der Waals surface area contributed by atoms with Gasteiger partial charge in [0.1, 0.15) is 5.52 Å². The van der Waals surface area contributed by atoms with Gasteiger partial charge in [0.2, 0.25) is 0 Å². The molecular formula is C15H20N4O2. The average Bonchev–Trinajstić information content (AvgIpc) is 3.04. The molecule has 0 amide bonds. The number of carbonyl (C=O) groups is 1. The molecule has 3 rings (SSSR count). The zero-order valence-corrected chi connectivity index (χ0v) is 12.6. The maximum absolute atomic E-state index is 11.7. The molecule has 1 atom stereocenters. The molecule has 0 aliphatic carbocycles. The molecule has 1 unspecified atom stereocenters. The van der Waals surface area contributed by atoms with Crippen LogP contribution in [0.15, 0.2) is 18.6 Å². The number of aliphatic carboxylic acids is 1. The van der Waals surface area contributed by atoms with Crippen LogP contribution in [-0.4, -0.2) is 38.7 Å². The minimum absolute atomic E-state index is 0.0861. The van der Waals surface area contributed by atoms with Crippen LogP contribution in [0.5, 0.6) is 0 Å². The van der Waals surface area contributed by atoms with Gasteiger partial charge in [-0.15, -0.1) is 0 Å². The SMILES string of the molecule is CC(C)C1(C(=O)O)CCN(c2nccc3c2ncn3C)C1. The highest BCUT2D eigenvalue weighted by Crippen LogP contribution is 2.40. The summed E-state index contributed by atoms with van der Waals surface area (Å²) in [7, 11) is 1.94. The molecule has 1 saturated heterocycles. The van der Waals surface area contributed by atoms with Gasteiger partial charge in [0.15, 0.2) is 5.82 Å². The Morgan fingerprint density at radius 3 is 2.81 bits per heavy atom. The van der Waals surface area contributed by atoms with Crippen molar-refractivity contribution in [2.24, 2.45) is 18.4 Å². The number of anilines is 1. The summed E-state index contributed by atoms with van der Waals surface area (Å²) in [4.78, 5) is 22.7. The Hall–Kier alpha value is -2.11. The molecule has 112 valence electrons. The van der Waals surface area contributed by atoms with Crippen LogP contribution in [0.1, 0.15) is 20.3 Å². The number of carboxylic acids is 1. The van der Waals surface area contributed by atoms with E-state index in [2.05, 4.69) is 14.9 Å². The average molecular weight is 288 g/mol. The maximum Gasteiger partial charge on any atom is 0.311 e. The summed E-state index contributed by atoms with van der Waals surface area (Å²) >= 11 is 0. The van der Waals surface area contributed by atoms with E-state index in [0.29, 0.717) is 19.5 Å². The molecule has 0 saturated carbocycles. The Morgan fingerprint density at radius 2 is 2.19 bits per heavy atom. The lowest BCUT2D eigenvalue weighted by Crippen LogP contribution is -2.39. The van der Waals surface area contributed by atoms with E-state index < -0.39 is 11.4 Å². The number of hydrogen-bond acceptors (Lipinski definition) is 4. The standard InChI is InChI=1S/C15H20N4O2/c1-10(2)15(14(20)21)5-7-19(8-15)13-12-11(4-6-16-13)18(3)9-17-12/h4,6,9-10H,5,7-8H2,1-3H3,(H,20,21). The number of carboxylic acid groups (broad SMARTS) is 1. The zero-order valence-electron chi connectivity index (χ0n) is 12.6. The Bertz CT molecular complexity index is 694. The fraction of sp³-hybridized carbons (Fsp3) is 0.533. The summed E-state index contributed by atoms with van der Waals surface area (Å²) in [6, 6.07) is 1.93. The molecular weight excluding hydrogens is 268 g/mol. The molecule has 2 aromatic rings. The van der Waals surface area contributed by atoms with Crippen molar-refractivity contribution < 1.29 is 9.90 Å². The van der Waals surface area contributed by atoms with Crippen molar-refractivity contribution >= 4 is 22.8 Å². The number of hydrogen-bond donors (Lipinski definition) is 1. The van der Waals surface area contributed by atoms with E-state index in [1.807, 2.05) is 31.5 Å². The summed E-state index contributed by atoms with van der Waals surface area (Å²) in [5.74, 6) is 0.160. The van der Waals surface area contributed by atoms with Gasteiger partial charge in [-0.05, 0) is 18.4 Å². The fourth-order valence-electron chi connectivity index (χ4n) is 3.19. The van der Waals surface area contributed by atoms with Crippen LogP contribution in [0.3, 0.4) is 0 Å². The molecule has 0 aromatic carbocycles. The largest absolute Gasteiger partial charge is 0.481 e. The smallest absolute Gasteiger partial charge is 0.311 e. The van der Waals surface area contributed by atoms with Crippen molar-refractivity contribution in [1.29, 1.82) is 0 Å². The molecule has 6 heteroatoms. The summed E-state index contributed by atoms with van der Waals surface area (Å²) in [5.41, 5.74) is 1.15. The normalized spacial score (nSPS) is 22.4. The molecule has 2 aromatic heterocycles. The predicted octanol–water partition coefficient (Wildman–Crippen LogP) is 1.91. The van der Waals surface area contributed by atoms with Crippen LogP contribution in [0.25, 0.3) is 11.0 Å². The Morgan fingerprint density at radius 1 is 1.43 bits per heavy atom. The minimum Gasteiger partial charge on any atom is -0.481 e. The van der Waals surface area contributed by atoms with E-state index in [4.69, 9.17) is 0 Å². The van der Waals surface area contributed by atoms with Crippen molar-refractivity contribution in [3.8, 4) is 0 Å². The van der Waals surface area contributed by atoms with E-state index in [-0.39, 0.29) is 5.92 Å². The monoisotopic (exact) mass is 288 g/mol. The summed E-state index contributed by atoms with van der Waals surface area (Å²) in [6.07, 6.45) is 4.17. The third-order valence-corrected chi connectivity index (χ3v) is 4.76. The van der Waals surface area contributed by atoms with Gasteiger partial charge in [0.05, 0.1) is 17.3 Å². The van der Waals surface area contributed by atoms with Gasteiger partial charge in [0, 0.05) is 26.3 Å². The topological polar surface area (TPSA) is 71.2 Å². The molecule has 6 nitrogen and oxygen atoms in total. The van der Waals surface area contributed by atoms with Gasteiger partial charge < -0.3 is 14.6 Å². The van der Waals surface area contributed by atoms with Crippen molar-refractivity contribution in [1.82, 2.24) is 14.5 Å². The molecule has 3 heterocycles. The molecule has 1 aliphatic heterocycles. The van der Waals surface area contributed by atoms with Gasteiger partial charge in [-0.25, -0.2) is 9.97 Å². The van der Waals surface area contributed by atoms with Crippen molar-refractivity contribution in [3.63, 3.8) is 0 Å². The van der Waals surface area contributed by atoms with Crippen LogP contribution in [0.2, 0.25) is 0 Å². The second kappa shape index (κ2) is 4.72. The molecule has 1 N–H and O–H groups in total. The summed E-state index contributed by atoms with van der Waals surface area (Å²) in [6.45, 7) is 5.15. The van der Waals surface area contributed by atoms with Crippen molar-refractivity contribution in [2.75, 3.05) is 18.0 Å². The second-order valence-electron chi connectivity index (χ2n) is 6.15. The van der Waals surface area contributed by atoms with Crippen molar-refractivity contribution in [2.45, 2.75) is 20.3 Å². The van der Waals surface area contributed by atoms with E-state index in [1.54, 1.807) is 12.5 Å². The third-order valence-electron chi connectivity index (χ3n) is 4.76. The molecule has 0 bridgehead atoms. The first-order valence-electron chi connectivity index (χ1n) is 7.20. The van der Waals surface area contributed by atoms with Crippen LogP contribution >= 0.6 is 0 Å². The molecule has 0 spiro atoms. The first-order chi connectivity index (χ1) is 9.95. The van der Waals surface area contributed by atoms with Gasteiger partial charge >= 0.3 is 5.97 Å². The molecule has 21 heavy (non-hydrogen) atoms. The molecule has 1 fully saturated rings. The predicted molar refractivity (Wildman–Crippen MR) is 80.2 cm³/mol. The highest BCUT2D eigenvalue weighted by Gasteiger charge is 2.47. The lowest BCUT2D eigenvalue weighted by Gasteiger charge is -2.29. The Balaban J connectivity index is 2.00. The first kappa shape index (κ1) is 13.9. The number of imidazole rings is 1. The zero-order chi connectivity index (χ0) is 15.2. The van der Waals surface area contributed by atoms with E-state index in [9.17, 15) is 9.90 Å². The summed E-state index contributed by atoms with van der Waals surface area (Å²) in [5, 5.41) is 9.65. The Labute approximate surface area is 123 Å².